The summed E-state index contributed by atoms with van der Waals surface area (Å²) in [6.07, 6.45) is 4.50. The van der Waals surface area contributed by atoms with Crippen LogP contribution in [0.25, 0.3) is 5.65 Å². The molecule has 2 aliphatic rings. The van der Waals surface area contributed by atoms with Crippen LogP contribution >= 0.6 is 0 Å². The number of hydrogen-bond donors (Lipinski definition) is 2. The minimum atomic E-state index is -0.534. The maximum absolute atomic E-state index is 12.3. The van der Waals surface area contributed by atoms with Crippen molar-refractivity contribution in [1.82, 2.24) is 25.2 Å². The van der Waals surface area contributed by atoms with E-state index in [1.54, 1.807) is 24.0 Å². The zero-order valence-electron chi connectivity index (χ0n) is 16.5. The molecule has 2 fully saturated rings. The molecule has 3 amide bonds. The van der Waals surface area contributed by atoms with Gasteiger partial charge in [0.1, 0.15) is 5.75 Å². The van der Waals surface area contributed by atoms with Crippen LogP contribution in [0.1, 0.15) is 29.5 Å². The van der Waals surface area contributed by atoms with Gasteiger partial charge < -0.3 is 15.0 Å². The highest BCUT2D eigenvalue weighted by molar-refractivity contribution is 6.00. The van der Waals surface area contributed by atoms with Crippen LogP contribution in [0.5, 0.6) is 5.75 Å². The van der Waals surface area contributed by atoms with E-state index >= 15 is 0 Å². The van der Waals surface area contributed by atoms with Crippen LogP contribution in [-0.2, 0) is 4.79 Å². The number of ether oxygens (including phenoxy) is 1. The van der Waals surface area contributed by atoms with Crippen LogP contribution < -0.4 is 20.3 Å². The van der Waals surface area contributed by atoms with E-state index in [1.807, 2.05) is 18.2 Å². The van der Waals surface area contributed by atoms with E-state index in [0.29, 0.717) is 11.6 Å². The average molecular weight is 406 g/mol. The van der Waals surface area contributed by atoms with E-state index < -0.39 is 11.9 Å². The predicted molar refractivity (Wildman–Crippen MR) is 110 cm³/mol. The number of anilines is 1. The fraction of sp³-hybridized carbons (Fsp3) is 0.333. The Morgan fingerprint density at radius 2 is 2.03 bits per heavy atom. The zero-order valence-corrected chi connectivity index (χ0v) is 16.5. The largest absolute Gasteiger partial charge is 0.497 e. The van der Waals surface area contributed by atoms with Gasteiger partial charge in [-0.3, -0.25) is 10.1 Å². The highest BCUT2D eigenvalue weighted by Gasteiger charge is 2.32. The molecule has 2 unspecified atom stereocenters. The Morgan fingerprint density at radius 3 is 2.80 bits per heavy atom. The van der Waals surface area contributed by atoms with Gasteiger partial charge in [0.2, 0.25) is 5.91 Å². The third-order valence-electron chi connectivity index (χ3n) is 5.85. The Labute approximate surface area is 173 Å². The number of imidazole rings is 1. The maximum Gasteiger partial charge on any atom is 0.321 e. The van der Waals surface area contributed by atoms with Crippen molar-refractivity contribution in [2.24, 2.45) is 0 Å². The first-order chi connectivity index (χ1) is 14.6. The van der Waals surface area contributed by atoms with Crippen molar-refractivity contribution in [1.29, 1.82) is 0 Å². The lowest BCUT2D eigenvalue weighted by molar-refractivity contribution is -0.122. The van der Waals surface area contributed by atoms with Gasteiger partial charge >= 0.3 is 6.03 Å². The average Bonchev–Trinajstić information content (AvgIpc) is 3.43. The van der Waals surface area contributed by atoms with Gasteiger partial charge in [-0.2, -0.15) is 5.10 Å². The summed E-state index contributed by atoms with van der Waals surface area (Å²) in [6, 6.07) is 9.68. The Hall–Kier alpha value is -3.62. The number of carbonyl (C=O) groups excluding carboxylic acids is 2. The Morgan fingerprint density at radius 1 is 1.20 bits per heavy atom. The number of hydrogen-bond acceptors (Lipinski definition) is 6. The molecule has 9 heteroatoms. The van der Waals surface area contributed by atoms with Gasteiger partial charge in [-0.1, -0.05) is 12.1 Å². The lowest BCUT2D eigenvalue weighted by Gasteiger charge is -2.24. The molecule has 2 atom stereocenters. The Bertz CT molecular complexity index is 1110. The van der Waals surface area contributed by atoms with Crippen molar-refractivity contribution >= 4 is 23.3 Å². The molecule has 30 heavy (non-hydrogen) atoms. The Balaban J connectivity index is 1.44. The number of aromatic nitrogens is 3. The van der Waals surface area contributed by atoms with Gasteiger partial charge in [-0.05, 0) is 30.2 Å². The molecule has 154 valence electrons. The summed E-state index contributed by atoms with van der Waals surface area (Å²) in [6.45, 7) is 1.97. The van der Waals surface area contributed by atoms with Crippen LogP contribution in [0.15, 0.2) is 42.7 Å². The molecule has 1 aromatic carbocycles. The van der Waals surface area contributed by atoms with Crippen LogP contribution in [0.4, 0.5) is 10.5 Å². The van der Waals surface area contributed by atoms with Gasteiger partial charge in [-0.15, -0.1) is 0 Å². The fourth-order valence-electron chi connectivity index (χ4n) is 4.22. The summed E-state index contributed by atoms with van der Waals surface area (Å²) in [5, 5.41) is 9.55. The lowest BCUT2D eigenvalue weighted by atomic mass is 9.98. The molecule has 2 aromatic heterocycles. The number of imide groups is 1. The monoisotopic (exact) mass is 406 g/mol. The van der Waals surface area contributed by atoms with Crippen molar-refractivity contribution in [3.05, 3.63) is 54.0 Å². The molecule has 5 rings (SSSR count). The molecule has 2 N–H and O–H groups in total. The first-order valence-electron chi connectivity index (χ1n) is 9.94. The van der Waals surface area contributed by atoms with E-state index in [2.05, 4.69) is 37.7 Å². The lowest BCUT2D eigenvalue weighted by Crippen LogP contribution is -2.51. The number of urea groups is 1. The number of rotatable bonds is 4. The van der Waals surface area contributed by atoms with Crippen molar-refractivity contribution in [3.63, 3.8) is 0 Å². The number of benzene rings is 1. The molecule has 0 radical (unpaired) electrons. The smallest absolute Gasteiger partial charge is 0.321 e. The van der Waals surface area contributed by atoms with Crippen molar-refractivity contribution < 1.29 is 14.3 Å². The summed E-state index contributed by atoms with van der Waals surface area (Å²) < 4.78 is 6.96. The van der Waals surface area contributed by atoms with Crippen molar-refractivity contribution in [2.45, 2.75) is 18.3 Å². The van der Waals surface area contributed by atoms with Gasteiger partial charge in [0, 0.05) is 37.9 Å². The highest BCUT2D eigenvalue weighted by atomic mass is 16.5. The Kier molecular flexibility index (Phi) is 4.50. The minimum absolute atomic E-state index is 0.228. The summed E-state index contributed by atoms with van der Waals surface area (Å²) in [5.41, 5.74) is 3.60. The molecule has 0 aliphatic carbocycles. The van der Waals surface area contributed by atoms with Crippen LogP contribution in [0.2, 0.25) is 0 Å². The van der Waals surface area contributed by atoms with Gasteiger partial charge in [0.25, 0.3) is 0 Å². The molecule has 4 heterocycles. The molecular weight excluding hydrogens is 384 g/mol. The molecule has 2 aliphatic heterocycles. The minimum Gasteiger partial charge on any atom is -0.497 e. The zero-order chi connectivity index (χ0) is 20.7. The first kappa shape index (κ1) is 18.4. The quantitative estimate of drug-likeness (QED) is 0.683. The SMILES string of the molecule is COc1ccc(C2CCN(c3cc(C4CNC(=O)NC4=O)nn4ccnc34)C2)cc1. The molecule has 0 bridgehead atoms. The summed E-state index contributed by atoms with van der Waals surface area (Å²) in [7, 11) is 1.67. The van der Waals surface area contributed by atoms with Crippen LogP contribution in [-0.4, -0.2) is 53.3 Å². The fourth-order valence-corrected chi connectivity index (χ4v) is 4.22. The third kappa shape index (κ3) is 3.22. The number of fused-ring (bicyclic) bond motifs is 1. The highest BCUT2D eigenvalue weighted by Crippen LogP contribution is 2.34. The van der Waals surface area contributed by atoms with E-state index in [4.69, 9.17) is 4.74 Å². The van der Waals surface area contributed by atoms with E-state index in [0.717, 1.165) is 36.6 Å². The van der Waals surface area contributed by atoms with E-state index in [9.17, 15) is 9.59 Å². The normalized spacial score (nSPS) is 21.6. The van der Waals surface area contributed by atoms with E-state index in [-0.39, 0.29) is 12.5 Å². The van der Waals surface area contributed by atoms with Gasteiger partial charge in [-0.25, -0.2) is 14.3 Å². The third-order valence-corrected chi connectivity index (χ3v) is 5.85. The molecule has 3 aromatic rings. The number of nitrogens with one attached hydrogen (secondary N) is 2. The van der Waals surface area contributed by atoms with Crippen molar-refractivity contribution in [3.8, 4) is 5.75 Å². The summed E-state index contributed by atoms with van der Waals surface area (Å²) >= 11 is 0. The number of nitrogens with zero attached hydrogens (tertiary/aromatic N) is 4. The molecular formula is C21H22N6O3. The first-order valence-corrected chi connectivity index (χ1v) is 9.94. The van der Waals surface area contributed by atoms with Gasteiger partial charge in [0.15, 0.2) is 5.65 Å². The molecule has 0 saturated carbocycles. The second-order valence-corrected chi connectivity index (χ2v) is 7.61. The summed E-state index contributed by atoms with van der Waals surface area (Å²) in [5.74, 6) is 0.381. The van der Waals surface area contributed by atoms with E-state index in [1.165, 1.54) is 5.56 Å². The van der Waals surface area contributed by atoms with Gasteiger partial charge in [0.05, 0.1) is 24.4 Å². The molecule has 2 saturated heterocycles. The topological polar surface area (TPSA) is 101 Å². The number of carbonyl (C=O) groups is 2. The number of amides is 3. The molecule has 9 nitrogen and oxygen atoms in total. The molecule has 0 spiro atoms. The number of methoxy groups -OCH3 is 1. The van der Waals surface area contributed by atoms with Crippen LogP contribution in [0, 0.1) is 0 Å². The summed E-state index contributed by atoms with van der Waals surface area (Å²) in [4.78, 5) is 30.5. The van der Waals surface area contributed by atoms with Crippen LogP contribution in [0.3, 0.4) is 0 Å². The van der Waals surface area contributed by atoms with Crippen molar-refractivity contribution in [2.75, 3.05) is 31.6 Å². The standard InChI is InChI=1S/C21H22N6O3/c1-30-15-4-2-13(3-5-15)14-6-8-26(12-14)18-10-17(25-27-9-7-22-19(18)27)16-11-23-21(29)24-20(16)28/h2-5,7,9-10,14,16H,6,8,11-12H2,1H3,(H2,23,24,28,29). The maximum atomic E-state index is 12.3. The predicted octanol–water partition coefficient (Wildman–Crippen LogP) is 1.65. The second-order valence-electron chi connectivity index (χ2n) is 7.61. The second kappa shape index (κ2) is 7.33.